The Morgan fingerprint density at radius 3 is 2.14 bits per heavy atom. The van der Waals surface area contributed by atoms with Crippen LogP contribution < -0.4 is 10.1 Å². The second-order valence-electron chi connectivity index (χ2n) is 4.35. The van der Waals surface area contributed by atoms with E-state index in [1.807, 2.05) is 6.92 Å². The molecular formula is C15H13F4NO. The molecule has 112 valence electrons. The molecule has 0 atom stereocenters. The molecule has 2 aromatic rings. The predicted molar refractivity (Wildman–Crippen MR) is 70.2 cm³/mol. The molecule has 0 fully saturated rings. The van der Waals surface area contributed by atoms with Gasteiger partial charge in [-0.1, -0.05) is 6.92 Å². The summed E-state index contributed by atoms with van der Waals surface area (Å²) in [6, 6.07) is 4.88. The normalized spacial score (nSPS) is 10.7. The highest BCUT2D eigenvalue weighted by molar-refractivity contribution is 5.36. The van der Waals surface area contributed by atoms with E-state index in [9.17, 15) is 17.6 Å². The molecular weight excluding hydrogens is 286 g/mol. The predicted octanol–water partition coefficient (Wildman–Crippen LogP) is 4.14. The van der Waals surface area contributed by atoms with Gasteiger partial charge in [0, 0.05) is 12.6 Å². The molecule has 2 nitrogen and oxygen atoms in total. The lowest BCUT2D eigenvalue weighted by atomic mass is 10.2. The van der Waals surface area contributed by atoms with Gasteiger partial charge in [0.25, 0.3) is 0 Å². The molecule has 0 saturated carbocycles. The molecule has 2 rings (SSSR count). The maximum Gasteiger partial charge on any atom is 0.198 e. The van der Waals surface area contributed by atoms with E-state index in [0.717, 1.165) is 30.3 Å². The van der Waals surface area contributed by atoms with E-state index in [2.05, 4.69) is 5.32 Å². The zero-order valence-corrected chi connectivity index (χ0v) is 11.2. The van der Waals surface area contributed by atoms with Crippen molar-refractivity contribution in [2.75, 3.05) is 6.54 Å². The minimum atomic E-state index is -1.16. The minimum absolute atomic E-state index is 0.189. The Labute approximate surface area is 119 Å². The van der Waals surface area contributed by atoms with Crippen molar-refractivity contribution in [3.05, 3.63) is 59.2 Å². The summed E-state index contributed by atoms with van der Waals surface area (Å²) in [6.45, 7) is 2.85. The molecule has 0 amide bonds. The van der Waals surface area contributed by atoms with Gasteiger partial charge in [-0.05, 0) is 36.4 Å². The highest BCUT2D eigenvalue weighted by atomic mass is 19.2. The van der Waals surface area contributed by atoms with Crippen molar-refractivity contribution in [3.8, 4) is 11.5 Å². The molecule has 0 aliphatic rings. The molecule has 0 saturated heterocycles. The smallest absolute Gasteiger partial charge is 0.198 e. The van der Waals surface area contributed by atoms with Gasteiger partial charge >= 0.3 is 0 Å². The van der Waals surface area contributed by atoms with Crippen LogP contribution in [0.5, 0.6) is 11.5 Å². The Hall–Kier alpha value is -2.08. The van der Waals surface area contributed by atoms with Gasteiger partial charge in [-0.3, -0.25) is 0 Å². The van der Waals surface area contributed by atoms with Crippen LogP contribution in [-0.2, 0) is 6.54 Å². The zero-order valence-electron chi connectivity index (χ0n) is 11.2. The van der Waals surface area contributed by atoms with Crippen LogP contribution >= 0.6 is 0 Å². The maximum atomic E-state index is 13.8. The monoisotopic (exact) mass is 299 g/mol. The molecule has 2 aromatic carbocycles. The first-order valence-electron chi connectivity index (χ1n) is 6.32. The first-order chi connectivity index (χ1) is 10.0. The lowest BCUT2D eigenvalue weighted by molar-refractivity contribution is 0.400. The Bertz CT molecular complexity index is 623. The summed E-state index contributed by atoms with van der Waals surface area (Å²) in [5, 5.41) is 2.94. The largest absolute Gasteiger partial charge is 0.451 e. The first-order valence-corrected chi connectivity index (χ1v) is 6.32. The SMILES string of the molecule is CCNCc1cc(F)c(Oc2ccc(F)c(F)c2)c(F)c1. The maximum absolute atomic E-state index is 13.8. The highest BCUT2D eigenvalue weighted by Crippen LogP contribution is 2.29. The van der Waals surface area contributed by atoms with Gasteiger partial charge in [0.05, 0.1) is 0 Å². The molecule has 1 N–H and O–H groups in total. The van der Waals surface area contributed by atoms with Crippen molar-refractivity contribution in [1.29, 1.82) is 0 Å². The molecule has 0 heterocycles. The fourth-order valence-electron chi connectivity index (χ4n) is 1.74. The Morgan fingerprint density at radius 2 is 1.57 bits per heavy atom. The van der Waals surface area contributed by atoms with Crippen LogP contribution in [0.2, 0.25) is 0 Å². The highest BCUT2D eigenvalue weighted by Gasteiger charge is 2.14. The van der Waals surface area contributed by atoms with Gasteiger partial charge in [0.15, 0.2) is 29.0 Å². The van der Waals surface area contributed by atoms with E-state index in [1.165, 1.54) is 0 Å². The van der Waals surface area contributed by atoms with E-state index in [-0.39, 0.29) is 5.75 Å². The number of nitrogens with one attached hydrogen (secondary N) is 1. The standard InChI is InChI=1S/C15H13F4NO/c1-2-20-8-9-5-13(18)15(14(19)6-9)21-10-3-4-11(16)12(17)7-10/h3-7,20H,2,8H2,1H3. The average Bonchev–Trinajstić information content (AvgIpc) is 2.44. The van der Waals surface area contributed by atoms with Crippen molar-refractivity contribution >= 4 is 0 Å². The van der Waals surface area contributed by atoms with E-state index in [0.29, 0.717) is 18.7 Å². The van der Waals surface area contributed by atoms with E-state index < -0.39 is 29.0 Å². The van der Waals surface area contributed by atoms with Crippen LogP contribution in [0.15, 0.2) is 30.3 Å². The summed E-state index contributed by atoms with van der Waals surface area (Å²) >= 11 is 0. The van der Waals surface area contributed by atoms with Crippen molar-refractivity contribution in [3.63, 3.8) is 0 Å². The molecule has 21 heavy (non-hydrogen) atoms. The lowest BCUT2D eigenvalue weighted by Crippen LogP contribution is -2.12. The summed E-state index contributed by atoms with van der Waals surface area (Å²) in [6.07, 6.45) is 0. The minimum Gasteiger partial charge on any atom is -0.451 e. The van der Waals surface area contributed by atoms with Gasteiger partial charge < -0.3 is 10.1 Å². The van der Waals surface area contributed by atoms with Crippen molar-refractivity contribution in [2.24, 2.45) is 0 Å². The quantitative estimate of drug-likeness (QED) is 0.838. The van der Waals surface area contributed by atoms with Gasteiger partial charge in [-0.2, -0.15) is 0 Å². The fourth-order valence-corrected chi connectivity index (χ4v) is 1.74. The molecule has 0 spiro atoms. The second kappa shape index (κ2) is 6.58. The third kappa shape index (κ3) is 3.72. The number of ether oxygens (including phenoxy) is 1. The first kappa shape index (κ1) is 15.3. The number of benzene rings is 2. The molecule has 0 radical (unpaired) electrons. The Morgan fingerprint density at radius 1 is 0.905 bits per heavy atom. The Kier molecular flexibility index (Phi) is 4.80. The summed E-state index contributed by atoms with van der Waals surface area (Å²) in [5.41, 5.74) is 0.421. The van der Waals surface area contributed by atoms with Gasteiger partial charge in [-0.25, -0.2) is 17.6 Å². The number of halogens is 4. The number of hydrogen-bond donors (Lipinski definition) is 1. The number of rotatable bonds is 5. The topological polar surface area (TPSA) is 21.3 Å². The summed E-state index contributed by atoms with van der Waals surface area (Å²) < 4.78 is 58.5. The molecule has 0 bridgehead atoms. The molecule has 0 aliphatic carbocycles. The molecule has 6 heteroatoms. The molecule has 0 aromatic heterocycles. The van der Waals surface area contributed by atoms with E-state index in [1.54, 1.807) is 0 Å². The van der Waals surface area contributed by atoms with Gasteiger partial charge in [-0.15, -0.1) is 0 Å². The molecule has 0 aliphatic heterocycles. The van der Waals surface area contributed by atoms with Crippen molar-refractivity contribution < 1.29 is 22.3 Å². The van der Waals surface area contributed by atoms with Crippen LogP contribution in [0, 0.1) is 23.3 Å². The average molecular weight is 299 g/mol. The van der Waals surface area contributed by atoms with Crippen LogP contribution in [0.4, 0.5) is 17.6 Å². The third-order valence-electron chi connectivity index (χ3n) is 2.75. The summed E-state index contributed by atoms with van der Waals surface area (Å²) in [4.78, 5) is 0. The van der Waals surface area contributed by atoms with Gasteiger partial charge in [0.1, 0.15) is 5.75 Å². The lowest BCUT2D eigenvalue weighted by Gasteiger charge is -2.10. The van der Waals surface area contributed by atoms with E-state index >= 15 is 0 Å². The zero-order chi connectivity index (χ0) is 15.4. The second-order valence-corrected chi connectivity index (χ2v) is 4.35. The third-order valence-corrected chi connectivity index (χ3v) is 2.75. The number of hydrogen-bond acceptors (Lipinski definition) is 2. The fraction of sp³-hybridized carbons (Fsp3) is 0.200. The van der Waals surface area contributed by atoms with Crippen molar-refractivity contribution in [1.82, 2.24) is 5.32 Å². The van der Waals surface area contributed by atoms with Crippen LogP contribution in [-0.4, -0.2) is 6.54 Å². The Balaban J connectivity index is 2.25. The van der Waals surface area contributed by atoms with Crippen LogP contribution in [0.3, 0.4) is 0 Å². The van der Waals surface area contributed by atoms with E-state index in [4.69, 9.17) is 4.74 Å². The summed E-state index contributed by atoms with van der Waals surface area (Å²) in [5.74, 6) is -4.88. The van der Waals surface area contributed by atoms with Gasteiger partial charge in [0.2, 0.25) is 0 Å². The van der Waals surface area contributed by atoms with Crippen LogP contribution in [0.1, 0.15) is 12.5 Å². The molecule has 0 unspecified atom stereocenters. The summed E-state index contributed by atoms with van der Waals surface area (Å²) in [7, 11) is 0. The van der Waals surface area contributed by atoms with Crippen molar-refractivity contribution in [2.45, 2.75) is 13.5 Å². The van der Waals surface area contributed by atoms with Crippen LogP contribution in [0.25, 0.3) is 0 Å².